The molecule has 0 rings (SSSR count). The first-order chi connectivity index (χ1) is 9.47. The maximum atomic E-state index is 10.3. The predicted molar refractivity (Wildman–Crippen MR) is 89.9 cm³/mol. The van der Waals surface area contributed by atoms with Gasteiger partial charge in [0, 0.05) is 6.04 Å². The zero-order valence-electron chi connectivity index (χ0n) is 14.4. The van der Waals surface area contributed by atoms with Crippen LogP contribution in [-0.2, 0) is 0 Å². The van der Waals surface area contributed by atoms with E-state index in [1.807, 2.05) is 13.1 Å². The normalized spacial score (nSPS) is 19.1. The Morgan fingerprint density at radius 1 is 1.15 bits per heavy atom. The second-order valence-electron chi connectivity index (χ2n) is 6.50. The molecule has 0 aromatic carbocycles. The first kappa shape index (κ1) is 19.7. The van der Waals surface area contributed by atoms with Gasteiger partial charge in [0.05, 0.1) is 6.10 Å². The maximum Gasteiger partial charge on any atom is 0.0568 e. The average molecular weight is 284 g/mol. The Hall–Kier alpha value is -0.340. The van der Waals surface area contributed by atoms with Crippen LogP contribution >= 0.6 is 0 Å². The molecule has 2 N–H and O–H groups in total. The second kappa shape index (κ2) is 11.3. The van der Waals surface area contributed by atoms with Gasteiger partial charge in [-0.15, -0.1) is 6.58 Å². The van der Waals surface area contributed by atoms with E-state index in [-0.39, 0.29) is 6.10 Å². The fourth-order valence-corrected chi connectivity index (χ4v) is 3.11. The van der Waals surface area contributed by atoms with Crippen molar-refractivity contribution in [2.75, 3.05) is 7.05 Å². The zero-order chi connectivity index (χ0) is 15.5. The fourth-order valence-electron chi connectivity index (χ4n) is 3.11. The van der Waals surface area contributed by atoms with E-state index in [0.29, 0.717) is 23.8 Å². The van der Waals surface area contributed by atoms with Crippen molar-refractivity contribution in [3.8, 4) is 0 Å². The zero-order valence-corrected chi connectivity index (χ0v) is 14.4. The molecule has 0 aliphatic heterocycles. The molecule has 0 radical (unpaired) electrons. The number of aliphatic hydroxyl groups is 1. The molecule has 2 nitrogen and oxygen atoms in total. The van der Waals surface area contributed by atoms with Crippen LogP contribution in [0.3, 0.4) is 0 Å². The highest BCUT2D eigenvalue weighted by atomic mass is 16.3. The maximum absolute atomic E-state index is 10.3. The van der Waals surface area contributed by atoms with E-state index >= 15 is 0 Å². The molecule has 0 aromatic rings. The van der Waals surface area contributed by atoms with Crippen molar-refractivity contribution >= 4 is 0 Å². The summed E-state index contributed by atoms with van der Waals surface area (Å²) in [6, 6.07) is 0.600. The Morgan fingerprint density at radius 3 is 2.30 bits per heavy atom. The van der Waals surface area contributed by atoms with Crippen LogP contribution in [0.1, 0.15) is 66.2 Å². The largest absolute Gasteiger partial charge is 0.393 e. The summed E-state index contributed by atoms with van der Waals surface area (Å²) < 4.78 is 0. The molecule has 0 aromatic heterocycles. The van der Waals surface area contributed by atoms with Gasteiger partial charge >= 0.3 is 0 Å². The van der Waals surface area contributed by atoms with Crippen LogP contribution in [0, 0.1) is 17.8 Å². The number of rotatable bonds is 12. The number of allylic oxidation sites excluding steroid dienone is 1. The van der Waals surface area contributed by atoms with E-state index < -0.39 is 0 Å². The average Bonchev–Trinajstić information content (AvgIpc) is 2.43. The highest BCUT2D eigenvalue weighted by Crippen LogP contribution is 2.32. The van der Waals surface area contributed by atoms with Crippen molar-refractivity contribution < 1.29 is 5.11 Å². The number of hydrogen-bond acceptors (Lipinski definition) is 2. The van der Waals surface area contributed by atoms with Crippen molar-refractivity contribution in [2.24, 2.45) is 17.8 Å². The third-order valence-corrected chi connectivity index (χ3v) is 4.83. The molecule has 20 heavy (non-hydrogen) atoms. The quantitative estimate of drug-likeness (QED) is 0.521. The molecule has 0 fully saturated rings. The molecule has 0 saturated carbocycles. The van der Waals surface area contributed by atoms with E-state index in [4.69, 9.17) is 0 Å². The molecule has 0 bridgehead atoms. The lowest BCUT2D eigenvalue weighted by Crippen LogP contribution is -2.29. The summed E-state index contributed by atoms with van der Waals surface area (Å²) >= 11 is 0. The molecule has 5 atom stereocenters. The summed E-state index contributed by atoms with van der Waals surface area (Å²) in [4.78, 5) is 0. The van der Waals surface area contributed by atoms with Gasteiger partial charge in [-0.3, -0.25) is 0 Å². The first-order valence-electron chi connectivity index (χ1n) is 8.44. The van der Waals surface area contributed by atoms with Crippen LogP contribution < -0.4 is 5.32 Å². The molecule has 2 heteroatoms. The lowest BCUT2D eigenvalue weighted by Gasteiger charge is -2.32. The summed E-state index contributed by atoms with van der Waals surface area (Å²) in [5.74, 6) is 1.57. The molecular weight excluding hydrogens is 246 g/mol. The third-order valence-electron chi connectivity index (χ3n) is 4.83. The van der Waals surface area contributed by atoms with Gasteiger partial charge < -0.3 is 10.4 Å². The molecule has 0 spiro atoms. The predicted octanol–water partition coefficient (Wildman–Crippen LogP) is 4.39. The third kappa shape index (κ3) is 7.44. The molecule has 0 saturated heterocycles. The van der Waals surface area contributed by atoms with Gasteiger partial charge in [-0.25, -0.2) is 0 Å². The van der Waals surface area contributed by atoms with Crippen LogP contribution in [0.15, 0.2) is 12.7 Å². The highest BCUT2D eigenvalue weighted by molar-refractivity contribution is 4.83. The van der Waals surface area contributed by atoms with Crippen molar-refractivity contribution in [1.82, 2.24) is 5.32 Å². The summed E-state index contributed by atoms with van der Waals surface area (Å²) in [5, 5.41) is 13.6. The van der Waals surface area contributed by atoms with Crippen molar-refractivity contribution in [3.63, 3.8) is 0 Å². The Labute approximate surface area is 127 Å². The van der Waals surface area contributed by atoms with Crippen molar-refractivity contribution in [2.45, 2.75) is 78.4 Å². The Kier molecular flexibility index (Phi) is 11.1. The Bertz CT molecular complexity index is 242. The van der Waals surface area contributed by atoms with Gasteiger partial charge in [0.2, 0.25) is 0 Å². The van der Waals surface area contributed by atoms with Gasteiger partial charge in [0.25, 0.3) is 0 Å². The summed E-state index contributed by atoms with van der Waals surface area (Å²) in [6.07, 6.45) is 8.58. The summed E-state index contributed by atoms with van der Waals surface area (Å²) in [5.41, 5.74) is 0. The minimum Gasteiger partial charge on any atom is -0.393 e. The van der Waals surface area contributed by atoms with Crippen molar-refractivity contribution in [3.05, 3.63) is 12.7 Å². The molecule has 4 unspecified atom stereocenters. The van der Waals surface area contributed by atoms with Crippen LogP contribution in [0.5, 0.6) is 0 Å². The van der Waals surface area contributed by atoms with Gasteiger partial charge in [-0.1, -0.05) is 46.1 Å². The van der Waals surface area contributed by atoms with Crippen LogP contribution in [-0.4, -0.2) is 24.3 Å². The second-order valence-corrected chi connectivity index (χ2v) is 6.50. The van der Waals surface area contributed by atoms with Gasteiger partial charge in [0.1, 0.15) is 0 Å². The van der Waals surface area contributed by atoms with E-state index in [0.717, 1.165) is 19.3 Å². The molecule has 120 valence electrons. The SMILES string of the molecule is C=CCC(C(C)CCCC(C)NC)C(C)[C@@H](O)CCC. The van der Waals surface area contributed by atoms with E-state index in [1.165, 1.54) is 19.3 Å². The lowest BCUT2D eigenvalue weighted by molar-refractivity contribution is 0.0552. The van der Waals surface area contributed by atoms with E-state index in [1.54, 1.807) is 0 Å². The number of nitrogens with one attached hydrogen (secondary N) is 1. The summed E-state index contributed by atoms with van der Waals surface area (Å²) in [6.45, 7) is 12.8. The number of aliphatic hydroxyl groups excluding tert-OH is 1. The standard InChI is InChI=1S/C18H37NO/c1-7-10-17(16(5)18(20)11-8-2)14(3)12-9-13-15(4)19-6/h7,14-20H,1,8-13H2,2-6H3/t14?,15?,16?,17?,18-/m0/s1. The number of hydrogen-bond donors (Lipinski definition) is 2. The topological polar surface area (TPSA) is 32.3 Å². The molecule has 0 amide bonds. The highest BCUT2D eigenvalue weighted by Gasteiger charge is 2.27. The Morgan fingerprint density at radius 2 is 1.80 bits per heavy atom. The lowest BCUT2D eigenvalue weighted by atomic mass is 9.75. The molecule has 0 aliphatic carbocycles. The van der Waals surface area contributed by atoms with Crippen molar-refractivity contribution in [1.29, 1.82) is 0 Å². The smallest absolute Gasteiger partial charge is 0.0568 e. The summed E-state index contributed by atoms with van der Waals surface area (Å²) in [7, 11) is 2.03. The van der Waals surface area contributed by atoms with E-state index in [2.05, 4.69) is 39.6 Å². The van der Waals surface area contributed by atoms with Gasteiger partial charge in [-0.2, -0.15) is 0 Å². The minimum absolute atomic E-state index is 0.163. The first-order valence-corrected chi connectivity index (χ1v) is 8.44. The van der Waals surface area contributed by atoms with Crippen LogP contribution in [0.2, 0.25) is 0 Å². The molecule has 0 heterocycles. The molecule has 0 aliphatic rings. The van der Waals surface area contributed by atoms with Crippen LogP contribution in [0.25, 0.3) is 0 Å². The molecular formula is C18H37NO. The monoisotopic (exact) mass is 283 g/mol. The van der Waals surface area contributed by atoms with E-state index in [9.17, 15) is 5.11 Å². The minimum atomic E-state index is -0.163. The van der Waals surface area contributed by atoms with Crippen LogP contribution in [0.4, 0.5) is 0 Å². The fraction of sp³-hybridized carbons (Fsp3) is 0.889. The Balaban J connectivity index is 4.37. The van der Waals surface area contributed by atoms with Gasteiger partial charge in [0.15, 0.2) is 0 Å². The van der Waals surface area contributed by atoms with Gasteiger partial charge in [-0.05, 0) is 51.0 Å².